The summed E-state index contributed by atoms with van der Waals surface area (Å²) in [5.41, 5.74) is 0.207. The van der Waals surface area contributed by atoms with Crippen molar-refractivity contribution in [3.8, 4) is 0 Å². The summed E-state index contributed by atoms with van der Waals surface area (Å²) in [6.45, 7) is 2.63. The van der Waals surface area contributed by atoms with E-state index in [-0.39, 0.29) is 36.3 Å². The maximum atomic E-state index is 12.5. The van der Waals surface area contributed by atoms with Gasteiger partial charge in [0, 0.05) is 38.6 Å². The van der Waals surface area contributed by atoms with Gasteiger partial charge in [-0.3, -0.25) is 9.59 Å². The Morgan fingerprint density at radius 2 is 1.96 bits per heavy atom. The van der Waals surface area contributed by atoms with Crippen LogP contribution in [0.15, 0.2) is 10.7 Å². The SMILES string of the molecule is O=C(NCC1CCCO1)c1coc(CN(CC2CCCO2)C(=O)CCCCl)n1. The Morgan fingerprint density at radius 1 is 1.21 bits per heavy atom. The number of rotatable bonds is 10. The zero-order valence-corrected chi connectivity index (χ0v) is 16.8. The number of hydrogen-bond donors (Lipinski definition) is 1. The highest BCUT2D eigenvalue weighted by molar-refractivity contribution is 6.17. The van der Waals surface area contributed by atoms with E-state index in [1.165, 1.54) is 6.26 Å². The van der Waals surface area contributed by atoms with Crippen molar-refractivity contribution in [1.29, 1.82) is 0 Å². The van der Waals surface area contributed by atoms with Gasteiger partial charge < -0.3 is 24.1 Å². The first-order valence-electron chi connectivity index (χ1n) is 9.95. The predicted octanol–water partition coefficient (Wildman–Crippen LogP) is 2.11. The third-order valence-corrected chi connectivity index (χ3v) is 5.22. The summed E-state index contributed by atoms with van der Waals surface area (Å²) in [6.07, 6.45) is 6.31. The molecule has 2 unspecified atom stereocenters. The summed E-state index contributed by atoms with van der Waals surface area (Å²) >= 11 is 5.72. The number of ether oxygens (including phenoxy) is 2. The molecule has 2 aliphatic heterocycles. The molecular weight excluding hydrogens is 386 g/mol. The van der Waals surface area contributed by atoms with Crippen LogP contribution < -0.4 is 5.32 Å². The van der Waals surface area contributed by atoms with E-state index in [2.05, 4.69) is 10.3 Å². The van der Waals surface area contributed by atoms with E-state index >= 15 is 0 Å². The van der Waals surface area contributed by atoms with Crippen molar-refractivity contribution >= 4 is 23.4 Å². The molecule has 9 heteroatoms. The van der Waals surface area contributed by atoms with Crippen LogP contribution in [0.25, 0.3) is 0 Å². The van der Waals surface area contributed by atoms with E-state index < -0.39 is 0 Å². The van der Waals surface area contributed by atoms with Crippen LogP contribution in [0.5, 0.6) is 0 Å². The molecule has 0 aromatic carbocycles. The van der Waals surface area contributed by atoms with E-state index in [0.29, 0.717) is 37.7 Å². The van der Waals surface area contributed by atoms with Gasteiger partial charge in [0.05, 0.1) is 18.8 Å². The third-order valence-electron chi connectivity index (χ3n) is 4.95. The van der Waals surface area contributed by atoms with Crippen molar-refractivity contribution in [2.75, 3.05) is 32.2 Å². The van der Waals surface area contributed by atoms with E-state index in [0.717, 1.165) is 38.9 Å². The lowest BCUT2D eigenvalue weighted by Gasteiger charge is -2.24. The van der Waals surface area contributed by atoms with Gasteiger partial charge in [-0.05, 0) is 32.1 Å². The van der Waals surface area contributed by atoms with Crippen LogP contribution in [-0.4, -0.2) is 66.1 Å². The van der Waals surface area contributed by atoms with Crippen LogP contribution in [-0.2, 0) is 20.8 Å². The van der Waals surface area contributed by atoms with Gasteiger partial charge in [0.25, 0.3) is 5.91 Å². The normalized spacial score (nSPS) is 21.8. The van der Waals surface area contributed by atoms with Crippen LogP contribution in [0.1, 0.15) is 54.9 Å². The van der Waals surface area contributed by atoms with E-state index in [1.54, 1.807) is 4.90 Å². The lowest BCUT2D eigenvalue weighted by molar-refractivity contribution is -0.133. The molecule has 1 N–H and O–H groups in total. The zero-order valence-electron chi connectivity index (χ0n) is 16.0. The van der Waals surface area contributed by atoms with Gasteiger partial charge in [0.2, 0.25) is 11.8 Å². The molecule has 156 valence electrons. The number of aromatic nitrogens is 1. The Morgan fingerprint density at radius 3 is 2.64 bits per heavy atom. The molecule has 28 heavy (non-hydrogen) atoms. The average molecular weight is 414 g/mol. The molecule has 8 nitrogen and oxygen atoms in total. The lowest BCUT2D eigenvalue weighted by atomic mass is 10.2. The minimum Gasteiger partial charge on any atom is -0.446 e. The number of nitrogens with zero attached hydrogens (tertiary/aromatic N) is 2. The maximum Gasteiger partial charge on any atom is 0.273 e. The minimum absolute atomic E-state index is 0.0151. The molecule has 1 aromatic heterocycles. The molecule has 3 heterocycles. The van der Waals surface area contributed by atoms with Gasteiger partial charge in [-0.15, -0.1) is 11.6 Å². The lowest BCUT2D eigenvalue weighted by Crippen LogP contribution is -2.37. The second kappa shape index (κ2) is 10.8. The van der Waals surface area contributed by atoms with Gasteiger partial charge in [-0.1, -0.05) is 0 Å². The highest BCUT2D eigenvalue weighted by atomic mass is 35.5. The summed E-state index contributed by atoms with van der Waals surface area (Å²) < 4.78 is 16.6. The fraction of sp³-hybridized carbons (Fsp3) is 0.737. The van der Waals surface area contributed by atoms with Crippen molar-refractivity contribution < 1.29 is 23.5 Å². The molecule has 0 bridgehead atoms. The number of alkyl halides is 1. The van der Waals surface area contributed by atoms with Crippen molar-refractivity contribution in [2.24, 2.45) is 0 Å². The Labute approximate surface area is 169 Å². The Kier molecular flexibility index (Phi) is 8.12. The molecule has 0 spiro atoms. The summed E-state index contributed by atoms with van der Waals surface area (Å²) in [6, 6.07) is 0. The molecule has 2 aliphatic rings. The number of amides is 2. The van der Waals surface area contributed by atoms with Crippen LogP contribution in [0.3, 0.4) is 0 Å². The van der Waals surface area contributed by atoms with Crippen LogP contribution in [0, 0.1) is 0 Å². The highest BCUT2D eigenvalue weighted by Crippen LogP contribution is 2.17. The number of oxazole rings is 1. The molecule has 3 rings (SSSR count). The van der Waals surface area contributed by atoms with E-state index in [4.69, 9.17) is 25.5 Å². The average Bonchev–Trinajstić information content (AvgIpc) is 3.46. The second-order valence-electron chi connectivity index (χ2n) is 7.17. The van der Waals surface area contributed by atoms with Gasteiger partial charge in [-0.2, -0.15) is 0 Å². The van der Waals surface area contributed by atoms with Gasteiger partial charge in [0.15, 0.2) is 5.69 Å². The maximum absolute atomic E-state index is 12.5. The largest absolute Gasteiger partial charge is 0.446 e. The molecule has 2 amide bonds. The molecule has 2 saturated heterocycles. The third kappa shape index (κ3) is 6.18. The van der Waals surface area contributed by atoms with E-state index in [1.807, 2.05) is 0 Å². The number of carbonyl (C=O) groups excluding carboxylic acids is 2. The van der Waals surface area contributed by atoms with Gasteiger partial charge in [0.1, 0.15) is 6.26 Å². The summed E-state index contributed by atoms with van der Waals surface area (Å²) in [5.74, 6) is 0.455. The second-order valence-corrected chi connectivity index (χ2v) is 7.55. The number of hydrogen-bond acceptors (Lipinski definition) is 6. The smallest absolute Gasteiger partial charge is 0.273 e. The number of nitrogens with one attached hydrogen (secondary N) is 1. The molecule has 0 radical (unpaired) electrons. The van der Waals surface area contributed by atoms with Crippen molar-refractivity contribution in [3.05, 3.63) is 17.8 Å². The fourth-order valence-electron chi connectivity index (χ4n) is 3.42. The molecule has 2 atom stereocenters. The predicted molar refractivity (Wildman–Crippen MR) is 102 cm³/mol. The molecule has 2 fully saturated rings. The molecular formula is C19H28ClN3O5. The first-order chi connectivity index (χ1) is 13.7. The van der Waals surface area contributed by atoms with E-state index in [9.17, 15) is 9.59 Å². The number of halogens is 1. The quantitative estimate of drug-likeness (QED) is 0.590. The van der Waals surface area contributed by atoms with Gasteiger partial charge >= 0.3 is 0 Å². The summed E-state index contributed by atoms with van der Waals surface area (Å²) in [4.78, 5) is 30.7. The molecule has 0 saturated carbocycles. The summed E-state index contributed by atoms with van der Waals surface area (Å²) in [7, 11) is 0. The Hall–Kier alpha value is -1.64. The topological polar surface area (TPSA) is 93.9 Å². The minimum atomic E-state index is -0.301. The first-order valence-corrected chi connectivity index (χ1v) is 10.5. The highest BCUT2D eigenvalue weighted by Gasteiger charge is 2.24. The van der Waals surface area contributed by atoms with Crippen LogP contribution in [0.4, 0.5) is 0 Å². The molecule has 0 aliphatic carbocycles. The van der Waals surface area contributed by atoms with Crippen molar-refractivity contribution in [3.63, 3.8) is 0 Å². The van der Waals surface area contributed by atoms with Crippen LogP contribution >= 0.6 is 11.6 Å². The van der Waals surface area contributed by atoms with Crippen molar-refractivity contribution in [1.82, 2.24) is 15.2 Å². The zero-order chi connectivity index (χ0) is 19.8. The fourth-order valence-corrected chi connectivity index (χ4v) is 3.55. The van der Waals surface area contributed by atoms with Crippen molar-refractivity contribution in [2.45, 2.75) is 57.3 Å². The number of carbonyl (C=O) groups is 2. The summed E-state index contributed by atoms with van der Waals surface area (Å²) in [5, 5.41) is 2.82. The standard InChI is InChI=1S/C19H28ClN3O5/c20-7-1-6-18(24)23(11-15-5-3-9-27-15)12-17-22-16(13-28-17)19(25)21-10-14-4-2-8-26-14/h13-15H,1-12H2,(H,21,25). The van der Waals surface area contributed by atoms with Gasteiger partial charge in [-0.25, -0.2) is 4.98 Å². The van der Waals surface area contributed by atoms with Crippen LogP contribution in [0.2, 0.25) is 0 Å². The molecule has 1 aromatic rings. The monoisotopic (exact) mass is 413 g/mol. The Balaban J connectivity index is 1.55. The Bertz CT molecular complexity index is 641. The first kappa shape index (κ1) is 21.1.